The number of amides is 5. The summed E-state index contributed by atoms with van der Waals surface area (Å²) in [6, 6.07) is 65.1. The molecule has 9 aromatic carbocycles. The number of para-hydroxylation sites is 1. The van der Waals surface area contributed by atoms with Crippen LogP contribution in [-0.2, 0) is 23.1 Å². The van der Waals surface area contributed by atoms with Gasteiger partial charge in [0.1, 0.15) is 45.7 Å². The maximum absolute atomic E-state index is 13.9. The first-order chi connectivity index (χ1) is 62.6. The van der Waals surface area contributed by atoms with Crippen LogP contribution in [0.3, 0.4) is 0 Å². The number of halogens is 6. The highest BCUT2D eigenvalue weighted by Gasteiger charge is 2.30. The average Bonchev–Trinajstić information content (AvgIpc) is 1.52. The highest BCUT2D eigenvalue weighted by Crippen LogP contribution is 2.33. The van der Waals surface area contributed by atoms with Gasteiger partial charge < -0.3 is 70.2 Å². The Labute approximate surface area is 770 Å². The molecule has 1 saturated heterocycles. The molecule has 1 fully saturated rings. The van der Waals surface area contributed by atoms with Crippen LogP contribution in [0.1, 0.15) is 127 Å². The lowest BCUT2D eigenvalue weighted by molar-refractivity contribution is 0.0906. The van der Waals surface area contributed by atoms with Crippen LogP contribution in [0, 0.1) is 11.7 Å². The smallest absolute Gasteiger partial charge is 0.268 e. The number of aromatic nitrogens is 11. The maximum atomic E-state index is 13.9. The molecule has 0 saturated carbocycles. The normalized spacial score (nSPS) is 12.8. The topological polar surface area (TPSA) is 364 Å². The molecule has 8 aromatic heterocycles. The highest BCUT2D eigenvalue weighted by molar-refractivity contribution is 7.88. The molecule has 668 valence electrons. The number of hydrogen-bond donors (Lipinski definition) is 10. The molecule has 0 spiro atoms. The Morgan fingerprint density at radius 3 is 1.47 bits per heavy atom. The van der Waals surface area contributed by atoms with E-state index in [-0.39, 0.29) is 71.8 Å². The zero-order valence-electron chi connectivity index (χ0n) is 71.2. The number of H-pyrrole nitrogens is 5. The van der Waals surface area contributed by atoms with Crippen LogP contribution in [0.25, 0.3) is 77.3 Å². The molecule has 1 aliphatic heterocycles. The quantitative estimate of drug-likeness (QED) is 0.0284. The van der Waals surface area contributed by atoms with Crippen molar-refractivity contribution in [3.63, 3.8) is 0 Å². The van der Waals surface area contributed by atoms with E-state index in [2.05, 4.69) is 78.8 Å². The van der Waals surface area contributed by atoms with Crippen molar-refractivity contribution in [2.75, 3.05) is 40.7 Å². The van der Waals surface area contributed by atoms with Crippen LogP contribution in [0.15, 0.2) is 248 Å². The Balaban J connectivity index is 0.000000131. The number of carbonyl (C=O) groups is 5. The van der Waals surface area contributed by atoms with Gasteiger partial charge in [0.2, 0.25) is 21.7 Å². The van der Waals surface area contributed by atoms with Crippen LogP contribution in [-0.4, -0.2) is 144 Å². The van der Waals surface area contributed by atoms with Crippen molar-refractivity contribution >= 4 is 152 Å². The standard InChI is InChI=1S/C20H16ClFN4O.C20H17ClN4O4.C20H17ClN4O2.C18H17ClN2O.C17H22ClN3O3S/c1-12(14-10-23-26(11-14)19-5-3-2-4-16(19)22)24-20(27)18-9-13-8-15(21)6-7-17(13)25-18;1-27-16-6-3-11(9-17(16)28-2)19-24-18(29-25-19)10-22-20(26)15-8-12-7-13(21)4-5-14(12)23-15;1-27-17-4-2-3-16(9-17)25-12-13(11-23-25)10-22-20(26)19-8-14-7-15(21)5-6-18(14)24-19;1-2-15(12-6-4-3-5-7-12)21-18(22)17-11-13-10-14(19)8-9-16(13)20-17;1-11(12-5-7-21(8-6-12)25(2,23)24)19-17(22)16-10-13-9-14(18)3-4-15(13)20-16/h2-12,25H,1H3,(H,24,27);3-9,23H,10H2,1-2H3,(H,22,26);2-9,11-12,24H,10H2,1H3,(H,22,26);3-11,15,20H,2H2,1H3,(H,21,22);3-4,9-12,20H,5-8H2,1-2H3,(H,19,22). The molecule has 9 heterocycles. The van der Waals surface area contributed by atoms with Crippen LogP contribution in [0.5, 0.6) is 17.2 Å². The minimum absolute atomic E-state index is 0.00343. The van der Waals surface area contributed by atoms with Crippen molar-refractivity contribution in [1.82, 2.24) is 85.5 Å². The summed E-state index contributed by atoms with van der Waals surface area (Å²) in [5.74, 6) is 1.51. The number of ether oxygens (including phenoxy) is 3. The van der Waals surface area contributed by atoms with Crippen molar-refractivity contribution in [2.45, 2.75) is 71.2 Å². The Bertz CT molecular complexity index is 7040. The van der Waals surface area contributed by atoms with Gasteiger partial charge in [0.15, 0.2) is 11.5 Å². The van der Waals surface area contributed by atoms with Gasteiger partial charge in [0.05, 0.1) is 64.3 Å². The molecular weight excluding hydrogens is 1780 g/mol. The first-order valence-electron chi connectivity index (χ1n) is 41.0. The van der Waals surface area contributed by atoms with Gasteiger partial charge in [0.25, 0.3) is 29.5 Å². The second kappa shape index (κ2) is 42.0. The zero-order valence-corrected chi connectivity index (χ0v) is 75.7. The zero-order chi connectivity index (χ0) is 91.9. The SMILES string of the molecule is CC(NC(=O)c1cc2cc(Cl)ccc2[nH]1)C1CCN(S(C)(=O)=O)CC1.CC(NC(=O)c1cc2cc(Cl)ccc2[nH]1)c1cnn(-c2ccccc2F)c1.CCC(NC(=O)c1cc2cc(Cl)ccc2[nH]1)c1ccccc1.COc1ccc(-c2noc(CNC(=O)c3cc4cc(Cl)ccc4[nH]3)n2)cc1OC.COc1cccc(-n2cc(CNC(=O)c3cc4cc(Cl)ccc4[nH]3)cn2)c1. The van der Waals surface area contributed by atoms with Crippen molar-refractivity contribution in [3.05, 3.63) is 325 Å². The summed E-state index contributed by atoms with van der Waals surface area (Å²) in [7, 11) is 1.61. The number of hydrogen-bond acceptors (Lipinski definition) is 15. The lowest BCUT2D eigenvalue weighted by atomic mass is 9.91. The molecular formula is C95H89Cl5FN17O11S. The summed E-state index contributed by atoms with van der Waals surface area (Å²) < 4.78 is 62.7. The van der Waals surface area contributed by atoms with Gasteiger partial charge in [-0.05, 0) is 208 Å². The fourth-order valence-corrected chi connectivity index (χ4v) is 16.3. The van der Waals surface area contributed by atoms with E-state index in [1.165, 1.54) is 21.3 Å². The highest BCUT2D eigenvalue weighted by atomic mass is 35.5. The number of sulfonamides is 1. The number of carbonyl (C=O) groups excluding carboxylic acids is 5. The third kappa shape index (κ3) is 23.4. The van der Waals surface area contributed by atoms with E-state index in [4.69, 9.17) is 76.7 Å². The fraction of sp³-hybridized carbons (Fsp3) is 0.189. The number of rotatable bonds is 23. The first-order valence-corrected chi connectivity index (χ1v) is 44.8. The van der Waals surface area contributed by atoms with Crippen LogP contribution in [0.4, 0.5) is 4.39 Å². The van der Waals surface area contributed by atoms with E-state index in [1.54, 1.807) is 148 Å². The number of benzene rings is 9. The lowest BCUT2D eigenvalue weighted by Gasteiger charge is -2.33. The summed E-state index contributed by atoms with van der Waals surface area (Å²) in [6.07, 6.45) is 10.5. The van der Waals surface area contributed by atoms with Gasteiger partial charge in [0, 0.05) is 140 Å². The summed E-state index contributed by atoms with van der Waals surface area (Å²) in [6.45, 7) is 7.36. The van der Waals surface area contributed by atoms with E-state index in [0.717, 1.165) is 102 Å². The summed E-state index contributed by atoms with van der Waals surface area (Å²) in [5.41, 5.74) is 11.4. The second-order valence-electron chi connectivity index (χ2n) is 30.5. The predicted octanol–water partition coefficient (Wildman–Crippen LogP) is 19.7. The van der Waals surface area contributed by atoms with E-state index >= 15 is 0 Å². The molecule has 28 nitrogen and oxygen atoms in total. The first kappa shape index (κ1) is 92.5. The third-order valence-corrected chi connectivity index (χ3v) is 24.0. The number of nitrogens with one attached hydrogen (secondary N) is 10. The van der Waals surface area contributed by atoms with Gasteiger partial charge in [-0.3, -0.25) is 24.0 Å². The lowest BCUT2D eigenvalue weighted by Crippen LogP contribution is -2.45. The molecule has 0 aliphatic carbocycles. The minimum atomic E-state index is -3.13. The molecule has 1 aliphatic rings. The number of piperidine rings is 1. The molecule has 5 amide bonds. The van der Waals surface area contributed by atoms with Crippen LogP contribution < -0.4 is 40.8 Å². The maximum Gasteiger partial charge on any atom is 0.268 e. The second-order valence-corrected chi connectivity index (χ2v) is 34.7. The number of methoxy groups -OCH3 is 3. The predicted molar refractivity (Wildman–Crippen MR) is 504 cm³/mol. The van der Waals surface area contributed by atoms with Crippen molar-refractivity contribution in [1.29, 1.82) is 0 Å². The average molecular weight is 1870 g/mol. The van der Waals surface area contributed by atoms with Crippen LogP contribution in [0.2, 0.25) is 25.1 Å². The Hall–Kier alpha value is -13.7. The third-order valence-electron chi connectivity index (χ3n) is 21.6. The van der Waals surface area contributed by atoms with Crippen molar-refractivity contribution < 1.29 is 55.5 Å². The molecule has 0 radical (unpaired) electrons. The summed E-state index contributed by atoms with van der Waals surface area (Å²) in [5, 5.41) is 34.8. The molecule has 130 heavy (non-hydrogen) atoms. The molecule has 3 atom stereocenters. The molecule has 35 heteroatoms. The van der Waals surface area contributed by atoms with Gasteiger partial charge >= 0.3 is 0 Å². The van der Waals surface area contributed by atoms with Gasteiger partial charge in [-0.25, -0.2) is 26.5 Å². The van der Waals surface area contributed by atoms with E-state index in [9.17, 15) is 36.8 Å². The summed E-state index contributed by atoms with van der Waals surface area (Å²) in [4.78, 5) is 82.1. The van der Waals surface area contributed by atoms with E-state index in [1.807, 2.05) is 129 Å². The summed E-state index contributed by atoms with van der Waals surface area (Å²) >= 11 is 29.9. The molecule has 3 unspecified atom stereocenters. The van der Waals surface area contributed by atoms with Gasteiger partial charge in [-0.15, -0.1) is 0 Å². The Morgan fingerprint density at radius 1 is 0.500 bits per heavy atom. The molecule has 0 bridgehead atoms. The number of nitrogens with zero attached hydrogens (tertiary/aromatic N) is 7. The monoisotopic (exact) mass is 1870 g/mol. The largest absolute Gasteiger partial charge is 0.497 e. The molecule has 17 aromatic rings. The Morgan fingerprint density at radius 2 is 0.977 bits per heavy atom. The van der Waals surface area contributed by atoms with Crippen molar-refractivity contribution in [2.24, 2.45) is 5.92 Å². The Kier molecular flexibility index (Phi) is 29.9. The molecule has 10 N–H and O–H groups in total. The number of aromatic amines is 5. The van der Waals surface area contributed by atoms with E-state index in [0.29, 0.717) is 102 Å². The minimum Gasteiger partial charge on any atom is -0.497 e. The van der Waals surface area contributed by atoms with Gasteiger partial charge in [-0.1, -0.05) is 119 Å². The van der Waals surface area contributed by atoms with Crippen molar-refractivity contribution in [3.8, 4) is 40.0 Å². The number of fused-ring (bicyclic) bond motifs is 5. The molecule has 18 rings (SSSR count). The van der Waals surface area contributed by atoms with Crippen LogP contribution >= 0.6 is 58.0 Å². The fourth-order valence-electron chi connectivity index (χ4n) is 14.6. The van der Waals surface area contributed by atoms with E-state index < -0.39 is 10.0 Å². The van der Waals surface area contributed by atoms with Gasteiger partial charge in [-0.2, -0.15) is 15.2 Å².